The van der Waals surface area contributed by atoms with Crippen molar-refractivity contribution in [1.82, 2.24) is 9.13 Å². The Morgan fingerprint density at radius 1 is 1.26 bits per heavy atom. The Bertz CT molecular complexity index is 669. The highest BCUT2D eigenvalue weighted by Crippen LogP contribution is 2.17. The van der Waals surface area contributed by atoms with Gasteiger partial charge in [-0.1, -0.05) is 0 Å². The average Bonchev–Trinajstić information content (AvgIpc) is 2.61. The first-order valence-electron chi connectivity index (χ1n) is 6.20. The minimum atomic E-state index is -0.0818. The summed E-state index contributed by atoms with van der Waals surface area (Å²) in [6, 6.07) is 5.43. The fraction of sp³-hybridized carbons (Fsp3) is 0.385. The van der Waals surface area contributed by atoms with Gasteiger partial charge in [-0.25, -0.2) is 4.79 Å². The van der Waals surface area contributed by atoms with Gasteiger partial charge in [0.15, 0.2) is 0 Å². The normalized spacial score (nSPS) is 10.9. The molecular weight excluding hydrogens is 244 g/mol. The van der Waals surface area contributed by atoms with E-state index in [1.807, 2.05) is 6.07 Å². The summed E-state index contributed by atoms with van der Waals surface area (Å²) in [6.45, 7) is 0.500. The Hall–Kier alpha value is -2.08. The molecule has 1 aromatic heterocycles. The molecule has 2 rings (SSSR count). The molecular formula is C13H18N4O2. The number of hydrogen-bond donors (Lipinski definition) is 2. The number of imidazole rings is 1. The molecule has 0 bridgehead atoms. The summed E-state index contributed by atoms with van der Waals surface area (Å²) in [4.78, 5) is 23.4. The third-order valence-electron chi connectivity index (χ3n) is 3.16. The largest absolute Gasteiger partial charge is 0.330 e. The molecule has 1 heterocycles. The highest BCUT2D eigenvalue weighted by molar-refractivity contribution is 5.93. The second-order valence-corrected chi connectivity index (χ2v) is 4.54. The van der Waals surface area contributed by atoms with Crippen molar-refractivity contribution in [2.45, 2.75) is 12.8 Å². The van der Waals surface area contributed by atoms with Gasteiger partial charge in [-0.15, -0.1) is 0 Å². The number of carbonyl (C=O) groups is 1. The molecule has 0 saturated heterocycles. The van der Waals surface area contributed by atoms with Crippen LogP contribution in [-0.2, 0) is 18.9 Å². The monoisotopic (exact) mass is 262 g/mol. The van der Waals surface area contributed by atoms with Crippen LogP contribution < -0.4 is 16.7 Å². The number of carbonyl (C=O) groups excluding carboxylic acids is 1. The van der Waals surface area contributed by atoms with E-state index < -0.39 is 0 Å². The van der Waals surface area contributed by atoms with Gasteiger partial charge in [0.1, 0.15) is 0 Å². The van der Waals surface area contributed by atoms with Crippen molar-refractivity contribution in [3.8, 4) is 0 Å². The first-order chi connectivity index (χ1) is 9.04. The standard InChI is InChI=1S/C13H18N4O2/c1-16-10-6-5-9(15-12(18)4-3-7-14)8-11(10)17(2)13(16)19/h5-6,8H,3-4,7,14H2,1-2H3,(H,15,18). The number of anilines is 1. The van der Waals surface area contributed by atoms with Crippen LogP contribution in [0.15, 0.2) is 23.0 Å². The third-order valence-corrected chi connectivity index (χ3v) is 3.16. The average molecular weight is 262 g/mol. The quantitative estimate of drug-likeness (QED) is 0.844. The predicted octanol–water partition coefficient (Wildman–Crippen LogP) is 0.554. The van der Waals surface area contributed by atoms with Crippen LogP contribution in [0, 0.1) is 0 Å². The van der Waals surface area contributed by atoms with E-state index in [1.54, 1.807) is 35.4 Å². The van der Waals surface area contributed by atoms with Gasteiger partial charge in [-0.2, -0.15) is 0 Å². The molecule has 6 heteroatoms. The maximum absolute atomic E-state index is 11.8. The lowest BCUT2D eigenvalue weighted by molar-refractivity contribution is -0.116. The van der Waals surface area contributed by atoms with Gasteiger partial charge in [0.2, 0.25) is 5.91 Å². The Morgan fingerprint density at radius 3 is 2.63 bits per heavy atom. The van der Waals surface area contributed by atoms with Crippen LogP contribution in [0.5, 0.6) is 0 Å². The molecule has 0 fully saturated rings. The number of rotatable bonds is 4. The van der Waals surface area contributed by atoms with Crippen LogP contribution >= 0.6 is 0 Å². The van der Waals surface area contributed by atoms with E-state index in [0.29, 0.717) is 25.1 Å². The van der Waals surface area contributed by atoms with E-state index in [0.717, 1.165) is 11.0 Å². The zero-order valence-corrected chi connectivity index (χ0v) is 11.1. The molecule has 102 valence electrons. The number of aromatic nitrogens is 2. The molecule has 0 saturated carbocycles. The van der Waals surface area contributed by atoms with Crippen LogP contribution in [-0.4, -0.2) is 21.6 Å². The Labute approximate surface area is 110 Å². The van der Waals surface area contributed by atoms with Crippen LogP contribution in [0.1, 0.15) is 12.8 Å². The molecule has 0 atom stereocenters. The van der Waals surface area contributed by atoms with Crippen molar-refractivity contribution in [3.63, 3.8) is 0 Å². The zero-order valence-electron chi connectivity index (χ0n) is 11.1. The summed E-state index contributed by atoms with van der Waals surface area (Å²) in [5.74, 6) is -0.0641. The summed E-state index contributed by atoms with van der Waals surface area (Å²) in [6.07, 6.45) is 1.07. The number of hydrogen-bond acceptors (Lipinski definition) is 3. The van der Waals surface area contributed by atoms with Gasteiger partial charge >= 0.3 is 5.69 Å². The Balaban J connectivity index is 2.29. The fourth-order valence-electron chi connectivity index (χ4n) is 2.07. The van der Waals surface area contributed by atoms with Crippen molar-refractivity contribution >= 4 is 22.6 Å². The van der Waals surface area contributed by atoms with Gasteiger partial charge in [-0.3, -0.25) is 13.9 Å². The molecule has 1 amide bonds. The molecule has 6 nitrogen and oxygen atoms in total. The lowest BCUT2D eigenvalue weighted by Crippen LogP contribution is -2.19. The minimum absolute atomic E-state index is 0.0641. The molecule has 2 aromatic rings. The zero-order chi connectivity index (χ0) is 14.0. The van der Waals surface area contributed by atoms with Crippen LogP contribution in [0.2, 0.25) is 0 Å². The highest BCUT2D eigenvalue weighted by Gasteiger charge is 2.09. The van der Waals surface area contributed by atoms with E-state index in [9.17, 15) is 9.59 Å². The predicted molar refractivity (Wildman–Crippen MR) is 75.1 cm³/mol. The second kappa shape index (κ2) is 5.27. The molecule has 0 aliphatic rings. The topological polar surface area (TPSA) is 82.0 Å². The summed E-state index contributed by atoms with van der Waals surface area (Å²) in [5, 5.41) is 2.81. The smallest absolute Gasteiger partial charge is 0.328 e. The van der Waals surface area contributed by atoms with Crippen molar-refractivity contribution < 1.29 is 4.79 Å². The highest BCUT2D eigenvalue weighted by atomic mass is 16.2. The van der Waals surface area contributed by atoms with Crippen molar-refractivity contribution in [2.75, 3.05) is 11.9 Å². The number of fused-ring (bicyclic) bond motifs is 1. The van der Waals surface area contributed by atoms with Crippen molar-refractivity contribution in [3.05, 3.63) is 28.7 Å². The van der Waals surface area contributed by atoms with Gasteiger partial charge in [0, 0.05) is 26.2 Å². The van der Waals surface area contributed by atoms with E-state index in [4.69, 9.17) is 5.73 Å². The van der Waals surface area contributed by atoms with E-state index in [1.165, 1.54) is 0 Å². The first-order valence-corrected chi connectivity index (χ1v) is 6.20. The molecule has 0 radical (unpaired) electrons. The van der Waals surface area contributed by atoms with Crippen molar-refractivity contribution in [1.29, 1.82) is 0 Å². The maximum atomic E-state index is 11.8. The second-order valence-electron chi connectivity index (χ2n) is 4.54. The Morgan fingerprint density at radius 2 is 1.95 bits per heavy atom. The first kappa shape index (κ1) is 13.4. The lowest BCUT2D eigenvalue weighted by Gasteiger charge is -2.05. The van der Waals surface area contributed by atoms with E-state index >= 15 is 0 Å². The van der Waals surface area contributed by atoms with Crippen LogP contribution in [0.4, 0.5) is 5.69 Å². The Kier molecular flexibility index (Phi) is 3.71. The molecule has 1 aromatic carbocycles. The summed E-state index contributed by atoms with van der Waals surface area (Å²) in [7, 11) is 3.44. The van der Waals surface area contributed by atoms with Gasteiger partial charge in [0.25, 0.3) is 0 Å². The summed E-state index contributed by atoms with van der Waals surface area (Å²) in [5.41, 5.74) is 7.61. The SMILES string of the molecule is Cn1c(=O)n(C)c2cc(NC(=O)CCCN)ccc21. The summed E-state index contributed by atoms with van der Waals surface area (Å²) < 4.78 is 3.14. The van der Waals surface area contributed by atoms with Crippen molar-refractivity contribution in [2.24, 2.45) is 19.8 Å². The molecule has 0 spiro atoms. The van der Waals surface area contributed by atoms with Crippen LogP contribution in [0.3, 0.4) is 0 Å². The molecule has 0 aliphatic heterocycles. The number of nitrogens with one attached hydrogen (secondary N) is 1. The number of aryl methyl sites for hydroxylation is 2. The lowest BCUT2D eigenvalue weighted by atomic mass is 10.2. The maximum Gasteiger partial charge on any atom is 0.328 e. The molecule has 3 N–H and O–H groups in total. The number of nitrogens with zero attached hydrogens (tertiary/aromatic N) is 2. The molecule has 0 unspecified atom stereocenters. The minimum Gasteiger partial charge on any atom is -0.330 e. The van der Waals surface area contributed by atoms with E-state index in [2.05, 4.69) is 5.32 Å². The fourth-order valence-corrected chi connectivity index (χ4v) is 2.07. The third kappa shape index (κ3) is 2.53. The van der Waals surface area contributed by atoms with Gasteiger partial charge in [-0.05, 0) is 31.2 Å². The van der Waals surface area contributed by atoms with Gasteiger partial charge < -0.3 is 11.1 Å². The van der Waals surface area contributed by atoms with Gasteiger partial charge in [0.05, 0.1) is 11.0 Å². The molecule has 19 heavy (non-hydrogen) atoms. The number of amides is 1. The number of nitrogens with two attached hydrogens (primary N) is 1. The summed E-state index contributed by atoms with van der Waals surface area (Å²) >= 11 is 0. The van der Waals surface area contributed by atoms with Crippen LogP contribution in [0.25, 0.3) is 11.0 Å². The molecule has 0 aliphatic carbocycles. The van der Waals surface area contributed by atoms with E-state index in [-0.39, 0.29) is 11.6 Å². The number of benzene rings is 1.